The number of hydrogen-bond acceptors (Lipinski definition) is 1. The lowest BCUT2D eigenvalue weighted by Gasteiger charge is -2.29. The van der Waals surface area contributed by atoms with E-state index in [1.165, 1.54) is 16.5 Å². The molecule has 1 N–H and O–H groups in total. The van der Waals surface area contributed by atoms with Gasteiger partial charge in [-0.15, -0.1) is 0 Å². The highest BCUT2D eigenvalue weighted by molar-refractivity contribution is 5.95. The Morgan fingerprint density at radius 3 is 2.87 bits per heavy atom. The van der Waals surface area contributed by atoms with Crippen LogP contribution in [0.3, 0.4) is 0 Å². The van der Waals surface area contributed by atoms with Gasteiger partial charge in [0.05, 0.1) is 0 Å². The van der Waals surface area contributed by atoms with Gasteiger partial charge in [0.1, 0.15) is 0 Å². The third kappa shape index (κ3) is 2.63. The van der Waals surface area contributed by atoms with Crippen LogP contribution >= 0.6 is 0 Å². The summed E-state index contributed by atoms with van der Waals surface area (Å²) in [4.78, 5) is 18.0. The Kier molecular flexibility index (Phi) is 3.62. The Morgan fingerprint density at radius 2 is 1.91 bits per heavy atom. The fourth-order valence-corrected chi connectivity index (χ4v) is 3.51. The number of anilines is 1. The second-order valence-electron chi connectivity index (χ2n) is 6.14. The Labute approximate surface area is 135 Å². The number of fused-ring (bicyclic) bond motifs is 2. The Morgan fingerprint density at radius 1 is 1.09 bits per heavy atom. The molecule has 0 saturated carbocycles. The van der Waals surface area contributed by atoms with E-state index in [-0.39, 0.29) is 5.91 Å². The number of nitrogens with zero attached hydrogens (tertiary/aromatic N) is 1. The minimum absolute atomic E-state index is 0.224. The molecule has 1 amide bonds. The van der Waals surface area contributed by atoms with E-state index in [0.29, 0.717) is 6.42 Å². The number of H-pyrrole nitrogens is 1. The van der Waals surface area contributed by atoms with Gasteiger partial charge in [0.25, 0.3) is 0 Å². The lowest BCUT2D eigenvalue weighted by Crippen LogP contribution is -2.35. The predicted octanol–water partition coefficient (Wildman–Crippen LogP) is 4.08. The molecule has 1 aliphatic heterocycles. The molecule has 3 heteroatoms. The van der Waals surface area contributed by atoms with Crippen LogP contribution < -0.4 is 4.90 Å². The van der Waals surface area contributed by atoms with Crippen molar-refractivity contribution in [2.75, 3.05) is 11.4 Å². The molecule has 0 spiro atoms. The highest BCUT2D eigenvalue weighted by atomic mass is 16.2. The Balaban J connectivity index is 1.51. The van der Waals surface area contributed by atoms with Gasteiger partial charge in [-0.1, -0.05) is 36.4 Å². The number of hydrogen-bond donors (Lipinski definition) is 1. The molecule has 2 aromatic carbocycles. The summed E-state index contributed by atoms with van der Waals surface area (Å²) < 4.78 is 0. The van der Waals surface area contributed by atoms with Gasteiger partial charge in [-0.05, 0) is 42.5 Å². The molecule has 0 fully saturated rings. The molecule has 1 aromatic heterocycles. The fourth-order valence-electron chi connectivity index (χ4n) is 3.51. The fraction of sp³-hybridized carbons (Fsp3) is 0.250. The van der Waals surface area contributed by atoms with Crippen molar-refractivity contribution in [2.24, 2.45) is 0 Å². The first-order chi connectivity index (χ1) is 11.3. The summed E-state index contributed by atoms with van der Waals surface area (Å²) in [6.07, 6.45) is 5.48. The van der Waals surface area contributed by atoms with Crippen molar-refractivity contribution < 1.29 is 4.79 Å². The SMILES string of the molecule is O=C(CCc1c[nH]c2ccccc12)N1CCCc2ccccc21. The average molecular weight is 304 g/mol. The molecule has 0 radical (unpaired) electrons. The van der Waals surface area contributed by atoms with Gasteiger partial charge >= 0.3 is 0 Å². The van der Waals surface area contributed by atoms with E-state index in [1.807, 2.05) is 29.3 Å². The zero-order chi connectivity index (χ0) is 15.6. The lowest BCUT2D eigenvalue weighted by atomic mass is 10.0. The van der Waals surface area contributed by atoms with Crippen molar-refractivity contribution in [1.82, 2.24) is 4.98 Å². The van der Waals surface area contributed by atoms with E-state index in [0.717, 1.165) is 37.0 Å². The molecule has 1 aliphatic rings. The molecular formula is C20H20N2O. The number of carbonyl (C=O) groups excluding carboxylic acids is 1. The quantitative estimate of drug-likeness (QED) is 0.777. The molecule has 3 aromatic rings. The molecule has 116 valence electrons. The molecule has 0 aliphatic carbocycles. The van der Waals surface area contributed by atoms with E-state index in [9.17, 15) is 4.79 Å². The molecule has 0 saturated heterocycles. The monoisotopic (exact) mass is 304 g/mol. The van der Waals surface area contributed by atoms with Gasteiger partial charge in [0.15, 0.2) is 0 Å². The normalized spacial score (nSPS) is 14.0. The third-order valence-corrected chi connectivity index (χ3v) is 4.69. The summed E-state index contributed by atoms with van der Waals surface area (Å²) in [5.74, 6) is 0.224. The van der Waals surface area contributed by atoms with E-state index >= 15 is 0 Å². The number of rotatable bonds is 3. The molecule has 0 atom stereocenters. The number of carbonyl (C=O) groups is 1. The topological polar surface area (TPSA) is 36.1 Å². The van der Waals surface area contributed by atoms with Gasteiger partial charge in [-0.2, -0.15) is 0 Å². The van der Waals surface area contributed by atoms with Crippen molar-refractivity contribution in [3.05, 3.63) is 65.9 Å². The van der Waals surface area contributed by atoms with Crippen molar-refractivity contribution >= 4 is 22.5 Å². The maximum absolute atomic E-state index is 12.7. The van der Waals surface area contributed by atoms with Gasteiger partial charge in [0, 0.05) is 35.8 Å². The average Bonchev–Trinajstić information content (AvgIpc) is 3.02. The van der Waals surface area contributed by atoms with E-state index in [4.69, 9.17) is 0 Å². The van der Waals surface area contributed by atoms with E-state index in [1.54, 1.807) is 0 Å². The predicted molar refractivity (Wildman–Crippen MR) is 93.7 cm³/mol. The first-order valence-corrected chi connectivity index (χ1v) is 8.26. The second-order valence-corrected chi connectivity index (χ2v) is 6.14. The number of nitrogens with one attached hydrogen (secondary N) is 1. The Bertz CT molecular complexity index is 849. The maximum Gasteiger partial charge on any atom is 0.227 e. The standard InChI is InChI=1S/C20H20N2O/c23-20(22-13-5-7-15-6-1-4-10-19(15)22)12-11-16-14-21-18-9-3-2-8-17(16)18/h1-4,6,8-10,14,21H,5,7,11-13H2. The van der Waals surface area contributed by atoms with Crippen LogP contribution in [0.15, 0.2) is 54.7 Å². The number of aromatic nitrogens is 1. The van der Waals surface area contributed by atoms with Crippen LogP contribution in [0.5, 0.6) is 0 Å². The van der Waals surface area contributed by atoms with Gasteiger partial charge < -0.3 is 9.88 Å². The molecule has 0 bridgehead atoms. The van der Waals surface area contributed by atoms with Crippen LogP contribution in [0.4, 0.5) is 5.69 Å². The van der Waals surface area contributed by atoms with Crippen molar-refractivity contribution in [1.29, 1.82) is 0 Å². The second kappa shape index (κ2) is 5.92. The summed E-state index contributed by atoms with van der Waals surface area (Å²) in [5.41, 5.74) is 4.75. The minimum atomic E-state index is 0.224. The Hall–Kier alpha value is -2.55. The van der Waals surface area contributed by atoms with Crippen LogP contribution in [0.25, 0.3) is 10.9 Å². The van der Waals surface area contributed by atoms with Crippen molar-refractivity contribution in [2.45, 2.75) is 25.7 Å². The van der Waals surface area contributed by atoms with E-state index in [2.05, 4.69) is 35.3 Å². The molecular weight excluding hydrogens is 284 g/mol. The molecule has 3 nitrogen and oxygen atoms in total. The molecule has 23 heavy (non-hydrogen) atoms. The summed E-state index contributed by atoms with van der Waals surface area (Å²) in [7, 11) is 0. The van der Waals surface area contributed by atoms with E-state index < -0.39 is 0 Å². The maximum atomic E-state index is 12.7. The molecule has 4 rings (SSSR count). The van der Waals surface area contributed by atoms with Crippen LogP contribution in [-0.4, -0.2) is 17.4 Å². The number of amides is 1. The van der Waals surface area contributed by atoms with Gasteiger partial charge in [-0.25, -0.2) is 0 Å². The first-order valence-electron chi connectivity index (χ1n) is 8.26. The smallest absolute Gasteiger partial charge is 0.227 e. The van der Waals surface area contributed by atoms with Gasteiger partial charge in [-0.3, -0.25) is 4.79 Å². The summed E-state index contributed by atoms with van der Waals surface area (Å²) in [6, 6.07) is 16.5. The van der Waals surface area contributed by atoms with Crippen LogP contribution in [-0.2, 0) is 17.6 Å². The zero-order valence-corrected chi connectivity index (χ0v) is 13.1. The summed E-state index contributed by atoms with van der Waals surface area (Å²) in [5, 5.41) is 1.22. The third-order valence-electron chi connectivity index (χ3n) is 4.69. The minimum Gasteiger partial charge on any atom is -0.361 e. The van der Waals surface area contributed by atoms with Gasteiger partial charge in [0.2, 0.25) is 5.91 Å². The highest BCUT2D eigenvalue weighted by Crippen LogP contribution is 2.28. The first kappa shape index (κ1) is 14.1. The number of aromatic amines is 1. The van der Waals surface area contributed by atoms with Crippen molar-refractivity contribution in [3.63, 3.8) is 0 Å². The zero-order valence-electron chi connectivity index (χ0n) is 13.1. The number of benzene rings is 2. The summed E-state index contributed by atoms with van der Waals surface area (Å²) >= 11 is 0. The highest BCUT2D eigenvalue weighted by Gasteiger charge is 2.21. The summed E-state index contributed by atoms with van der Waals surface area (Å²) in [6.45, 7) is 0.837. The van der Waals surface area contributed by atoms with Crippen LogP contribution in [0.1, 0.15) is 24.0 Å². The van der Waals surface area contributed by atoms with Crippen LogP contribution in [0, 0.1) is 0 Å². The number of para-hydroxylation sites is 2. The largest absolute Gasteiger partial charge is 0.361 e. The van der Waals surface area contributed by atoms with Crippen LogP contribution in [0.2, 0.25) is 0 Å². The lowest BCUT2D eigenvalue weighted by molar-refractivity contribution is -0.118. The van der Waals surface area contributed by atoms with Crippen molar-refractivity contribution in [3.8, 4) is 0 Å². The molecule has 2 heterocycles. The molecule has 0 unspecified atom stereocenters. The number of aryl methyl sites for hydroxylation is 2.